The number of rotatable bonds is 33. The molecule has 33 heteroatoms. The Kier molecular flexibility index (Phi) is 31.4. The van der Waals surface area contributed by atoms with Crippen molar-refractivity contribution < 1.29 is 126 Å². The molecule has 3 aliphatic heterocycles. The molecule has 3 heterocycles. The Hall–Kier alpha value is -10.4. The molecule has 0 unspecified atom stereocenters. The van der Waals surface area contributed by atoms with Crippen LogP contribution < -0.4 is 31.9 Å². The highest BCUT2D eigenvalue weighted by atomic mass is 16.8. The van der Waals surface area contributed by atoms with Gasteiger partial charge in [0, 0.05) is 19.6 Å². The third-order valence-electron chi connectivity index (χ3n) is 18.1. The Balaban J connectivity index is 0.958. The second kappa shape index (κ2) is 42.0. The number of aliphatic hydroxyl groups is 7. The number of alkyl carbamates (subject to hydrolysis) is 5. The third kappa shape index (κ3) is 24.6. The van der Waals surface area contributed by atoms with Crippen LogP contribution in [0.3, 0.4) is 0 Å². The Labute approximate surface area is 632 Å². The molecule has 590 valence electrons. The lowest BCUT2D eigenvalue weighted by Gasteiger charge is -2.47. The predicted octanol–water partition coefficient (Wildman–Crippen LogP) is 3.32. The first-order valence-corrected chi connectivity index (χ1v) is 35.7. The molecule has 2 saturated heterocycles. The van der Waals surface area contributed by atoms with E-state index in [-0.39, 0.29) is 59.3 Å². The van der Waals surface area contributed by atoms with Gasteiger partial charge in [0.05, 0.1) is 37.9 Å². The van der Waals surface area contributed by atoms with E-state index in [2.05, 4.69) is 31.9 Å². The van der Waals surface area contributed by atoms with Crippen molar-refractivity contribution in [2.24, 2.45) is 0 Å². The van der Waals surface area contributed by atoms with Crippen molar-refractivity contribution in [3.63, 3.8) is 0 Å². The van der Waals surface area contributed by atoms with Crippen LogP contribution in [0.5, 0.6) is 0 Å². The maximum Gasteiger partial charge on any atom is 0.410 e. The number of amides is 7. The number of ether oxygens (including phenoxy) is 12. The van der Waals surface area contributed by atoms with Crippen molar-refractivity contribution in [2.75, 3.05) is 39.4 Å². The topological polar surface area (TPSA) is 447 Å². The Morgan fingerprint density at radius 3 is 1.38 bits per heavy atom. The highest BCUT2D eigenvalue weighted by Crippen LogP contribution is 2.36. The molecule has 13 N–H and O–H groups in total. The number of hydrogen-bond acceptors (Lipinski definition) is 26. The van der Waals surface area contributed by atoms with Gasteiger partial charge < -0.3 is 129 Å². The van der Waals surface area contributed by atoms with E-state index in [1.807, 2.05) is 0 Å². The lowest BCUT2D eigenvalue weighted by molar-refractivity contribution is -0.287. The van der Waals surface area contributed by atoms with Crippen molar-refractivity contribution in [3.8, 4) is 0 Å². The van der Waals surface area contributed by atoms with Gasteiger partial charge in [-0.05, 0) is 46.2 Å². The summed E-state index contributed by atoms with van der Waals surface area (Å²) in [5.74, 6) is -1.11. The Morgan fingerprint density at radius 2 is 0.882 bits per heavy atom. The zero-order valence-corrected chi connectivity index (χ0v) is 59.6. The number of carbonyl (C=O) groups excluding carboxylic acids is 7. The average molecular weight is 1530 g/mol. The van der Waals surface area contributed by atoms with Gasteiger partial charge in [-0.15, -0.1) is 0 Å². The van der Waals surface area contributed by atoms with Crippen molar-refractivity contribution in [3.05, 3.63) is 228 Å². The van der Waals surface area contributed by atoms with E-state index in [1.54, 1.807) is 182 Å². The summed E-state index contributed by atoms with van der Waals surface area (Å²) in [6, 6.07) is 45.7. The van der Waals surface area contributed by atoms with Crippen LogP contribution in [-0.4, -0.2) is 233 Å². The van der Waals surface area contributed by atoms with Crippen LogP contribution in [0, 0.1) is 0 Å². The van der Waals surface area contributed by atoms with E-state index < -0.39 is 185 Å². The molecule has 4 aliphatic rings. The minimum Gasteiger partial charge on any atom is -0.445 e. The van der Waals surface area contributed by atoms with Crippen molar-refractivity contribution in [1.29, 1.82) is 0 Å². The van der Waals surface area contributed by atoms with Gasteiger partial charge in [0.1, 0.15) is 113 Å². The van der Waals surface area contributed by atoms with Gasteiger partial charge in [-0.25, -0.2) is 28.8 Å². The molecule has 110 heavy (non-hydrogen) atoms. The molecule has 3 fully saturated rings. The van der Waals surface area contributed by atoms with Crippen molar-refractivity contribution in [2.45, 2.75) is 163 Å². The van der Waals surface area contributed by atoms with E-state index in [0.29, 0.717) is 33.4 Å². The van der Waals surface area contributed by atoms with Crippen LogP contribution in [-0.2, 0) is 101 Å². The van der Waals surface area contributed by atoms with Crippen LogP contribution in [0.15, 0.2) is 194 Å². The average Bonchev–Trinajstić information content (AvgIpc) is 1.37. The summed E-state index contributed by atoms with van der Waals surface area (Å²) in [5, 5.41) is 97.2. The SMILES string of the molecule is O=C(NCC[C@H](O)C(=O)N[C@@H]1C[C@H](NC(=O)OCc2ccccc2)[C@@H](O[C@H]2O[C@H](CN(CCO)C(=O)OCc3ccccc3)C=C[C@H]2NC(=O)OCc2ccccc2)[C@H](O[C@@H]2O[C@H](CO)[C@@H](O[C@H]3O[C@@H](CNC(=O)OCc4ccccc4)[C@@H](O)[C@H](O)[C@H]3NC(=O)OCc3ccccc3)[C@H]2O)[C@H]1O)OCc1ccccc1. The number of nitrogens with one attached hydrogen (secondary N) is 6. The summed E-state index contributed by atoms with van der Waals surface area (Å²) in [6.07, 6.45) is -29.7. The lowest BCUT2D eigenvalue weighted by atomic mass is 9.83. The Bertz CT molecular complexity index is 3870. The lowest BCUT2D eigenvalue weighted by Crippen LogP contribution is -2.68. The summed E-state index contributed by atoms with van der Waals surface area (Å²) < 4.78 is 72.0. The third-order valence-corrected chi connectivity index (χ3v) is 18.1. The first kappa shape index (κ1) is 82.1. The first-order valence-electron chi connectivity index (χ1n) is 35.7. The second-order valence-electron chi connectivity index (χ2n) is 26.0. The van der Waals surface area contributed by atoms with Crippen LogP contribution >= 0.6 is 0 Å². The van der Waals surface area contributed by atoms with E-state index in [9.17, 15) is 69.3 Å². The maximum atomic E-state index is 14.4. The van der Waals surface area contributed by atoms with Crippen LogP contribution in [0.25, 0.3) is 0 Å². The Morgan fingerprint density at radius 1 is 0.436 bits per heavy atom. The van der Waals surface area contributed by atoms with Gasteiger partial charge in [-0.1, -0.05) is 194 Å². The van der Waals surface area contributed by atoms with Gasteiger partial charge in [0.15, 0.2) is 18.9 Å². The van der Waals surface area contributed by atoms with Gasteiger partial charge in [0.2, 0.25) is 5.91 Å². The number of hydrogen-bond donors (Lipinski definition) is 13. The number of nitrogens with zero attached hydrogens (tertiary/aromatic N) is 1. The fraction of sp³-hybridized carbons (Fsp3) is 0.416. The fourth-order valence-electron chi connectivity index (χ4n) is 12.3. The first-order chi connectivity index (χ1) is 53.4. The standard InChI is InChI=1S/C77H91N7O26/c85-36-35-84(77(98)104-46-52-29-17-6-18-30-52)39-53-31-32-54(81-74(95)101-43-49-23-11-3-12-24-49)69(105-53)108-65-56(82-75(96)102-44-50-25-13-4-14-26-50)37-55(80-68(92)57(87)33-34-78-72(93)99-41-47-19-7-1-8-20-47)61(88)67(65)110-71-64(91)66(59(40-86)107-71)109-70-60(83-76(97)103-45-51-27-15-5-16-28-51)63(90)62(89)58(106-70)38-79-73(94)100-42-48-21-9-2-10-22-48/h1-32,53-67,69-71,85-91H,33-46H2,(H,78,93)(H,79,94)(H,80,92)(H,81,95)(H,82,96)(H,83,97)/t53-,54+,55+,56-,57-,58-,59+,60+,61-,62+,63+,64+,65+,66+,67+,69+,70+,71-/m0/s1. The predicted molar refractivity (Wildman–Crippen MR) is 383 cm³/mol. The van der Waals surface area contributed by atoms with Gasteiger partial charge in [-0.2, -0.15) is 0 Å². The zero-order valence-electron chi connectivity index (χ0n) is 59.6. The quantitative estimate of drug-likeness (QED) is 0.0208. The smallest absolute Gasteiger partial charge is 0.410 e. The highest BCUT2D eigenvalue weighted by molar-refractivity contribution is 5.81. The van der Waals surface area contributed by atoms with Crippen LogP contribution in [0.1, 0.15) is 46.2 Å². The van der Waals surface area contributed by atoms with Gasteiger partial charge in [0.25, 0.3) is 0 Å². The summed E-state index contributed by atoms with van der Waals surface area (Å²) >= 11 is 0. The molecular weight excluding hydrogens is 1440 g/mol. The summed E-state index contributed by atoms with van der Waals surface area (Å²) in [5.41, 5.74) is 3.74. The molecule has 33 nitrogen and oxygen atoms in total. The monoisotopic (exact) mass is 1530 g/mol. The highest BCUT2D eigenvalue weighted by Gasteiger charge is 2.56. The molecule has 0 bridgehead atoms. The molecular formula is C77H91N7O26. The van der Waals surface area contributed by atoms with E-state index in [1.165, 1.54) is 12.2 Å². The van der Waals surface area contributed by atoms with Gasteiger partial charge in [-0.3, -0.25) is 4.79 Å². The van der Waals surface area contributed by atoms with Crippen LogP contribution in [0.4, 0.5) is 28.8 Å². The second-order valence-corrected chi connectivity index (χ2v) is 26.0. The fourth-order valence-corrected chi connectivity index (χ4v) is 12.3. The molecule has 7 amide bonds. The minimum absolute atomic E-state index is 0.0847. The molecule has 0 radical (unpaired) electrons. The van der Waals surface area contributed by atoms with E-state index in [0.717, 1.165) is 4.90 Å². The normalized spacial score (nSPS) is 25.8. The van der Waals surface area contributed by atoms with Crippen molar-refractivity contribution >= 4 is 42.5 Å². The van der Waals surface area contributed by atoms with Crippen molar-refractivity contribution in [1.82, 2.24) is 36.8 Å². The largest absolute Gasteiger partial charge is 0.445 e. The van der Waals surface area contributed by atoms with Gasteiger partial charge >= 0.3 is 36.6 Å². The molecule has 6 aromatic carbocycles. The number of carbonyl (C=O) groups is 7. The summed E-state index contributed by atoms with van der Waals surface area (Å²) in [4.78, 5) is 96.9. The zero-order chi connectivity index (χ0) is 77.7. The molecule has 1 saturated carbocycles. The van der Waals surface area contributed by atoms with E-state index in [4.69, 9.17) is 56.8 Å². The molecule has 0 aromatic heterocycles. The van der Waals surface area contributed by atoms with Crippen LogP contribution in [0.2, 0.25) is 0 Å². The number of benzene rings is 6. The molecule has 10 rings (SSSR count). The molecule has 1 aliphatic carbocycles. The minimum atomic E-state index is -2.13. The molecule has 6 aromatic rings. The summed E-state index contributed by atoms with van der Waals surface area (Å²) in [6.45, 7) is -4.08. The molecule has 0 spiro atoms. The number of aliphatic hydroxyl groups excluding tert-OH is 7. The summed E-state index contributed by atoms with van der Waals surface area (Å²) in [7, 11) is 0. The van der Waals surface area contributed by atoms with E-state index >= 15 is 0 Å². The maximum absolute atomic E-state index is 14.4. The molecule has 18 atom stereocenters.